The number of imidazole rings is 1. The van der Waals surface area contributed by atoms with Crippen LogP contribution in [0.25, 0.3) is 11.6 Å². The largest absolute Gasteiger partial charge is 0.494 e. The van der Waals surface area contributed by atoms with E-state index in [0.717, 1.165) is 34.9 Å². The molecule has 5 nitrogen and oxygen atoms in total. The number of hydrogen-bond donors (Lipinski definition) is 2. The summed E-state index contributed by atoms with van der Waals surface area (Å²) in [4.78, 5) is 19.6. The van der Waals surface area contributed by atoms with Gasteiger partial charge in [-0.2, -0.15) is 0 Å². The number of amides is 1. The molecule has 108 valence electrons. The summed E-state index contributed by atoms with van der Waals surface area (Å²) in [5.74, 6) is 1.56. The third-order valence-corrected chi connectivity index (χ3v) is 3.37. The standard InChI is InChI=1S/C16H17N3O2/c1-3-15-17-9-10(18-15)7-13-12-8-11(21-4-2)5-6-14(12)19-16(13)20/h5-9H,3-4H2,1-2H3,(H,17,18)(H,19,20). The van der Waals surface area contributed by atoms with Crippen molar-refractivity contribution in [2.24, 2.45) is 0 Å². The number of benzene rings is 1. The summed E-state index contributed by atoms with van der Waals surface area (Å²) >= 11 is 0. The summed E-state index contributed by atoms with van der Waals surface area (Å²) in [7, 11) is 0. The first-order chi connectivity index (χ1) is 10.2. The number of ether oxygens (including phenoxy) is 1. The Bertz CT molecular complexity index is 716. The van der Waals surface area contributed by atoms with Gasteiger partial charge < -0.3 is 15.0 Å². The monoisotopic (exact) mass is 283 g/mol. The molecular weight excluding hydrogens is 266 g/mol. The molecule has 21 heavy (non-hydrogen) atoms. The second kappa shape index (κ2) is 5.44. The summed E-state index contributed by atoms with van der Waals surface area (Å²) in [5, 5.41) is 2.86. The fourth-order valence-electron chi connectivity index (χ4n) is 2.35. The van der Waals surface area contributed by atoms with E-state index in [0.29, 0.717) is 12.2 Å². The Morgan fingerprint density at radius 3 is 2.90 bits per heavy atom. The third kappa shape index (κ3) is 2.54. The molecule has 2 aromatic rings. The van der Waals surface area contributed by atoms with E-state index in [1.54, 1.807) is 6.20 Å². The minimum Gasteiger partial charge on any atom is -0.494 e. The second-order valence-electron chi connectivity index (χ2n) is 4.79. The van der Waals surface area contributed by atoms with Crippen LogP contribution in [0.2, 0.25) is 0 Å². The molecule has 0 aliphatic carbocycles. The first-order valence-electron chi connectivity index (χ1n) is 7.05. The van der Waals surface area contributed by atoms with Gasteiger partial charge in [-0.25, -0.2) is 4.98 Å². The zero-order valence-electron chi connectivity index (χ0n) is 12.1. The van der Waals surface area contributed by atoms with Crippen molar-refractivity contribution >= 4 is 23.2 Å². The first kappa shape index (κ1) is 13.4. The number of hydrogen-bond acceptors (Lipinski definition) is 3. The van der Waals surface area contributed by atoms with Crippen molar-refractivity contribution in [2.45, 2.75) is 20.3 Å². The van der Waals surface area contributed by atoms with Gasteiger partial charge in [0.15, 0.2) is 0 Å². The van der Waals surface area contributed by atoms with Crippen molar-refractivity contribution in [3.63, 3.8) is 0 Å². The molecule has 0 saturated heterocycles. The summed E-state index contributed by atoms with van der Waals surface area (Å²) in [6.45, 7) is 4.56. The molecule has 0 unspecified atom stereocenters. The van der Waals surface area contributed by atoms with E-state index in [2.05, 4.69) is 15.3 Å². The average molecular weight is 283 g/mol. The Hall–Kier alpha value is -2.56. The van der Waals surface area contributed by atoms with Crippen molar-refractivity contribution in [2.75, 3.05) is 11.9 Å². The fourth-order valence-corrected chi connectivity index (χ4v) is 2.35. The Kier molecular flexibility index (Phi) is 3.48. The van der Waals surface area contributed by atoms with Crippen LogP contribution in [-0.4, -0.2) is 22.5 Å². The molecule has 2 N–H and O–H groups in total. The number of H-pyrrole nitrogens is 1. The number of nitrogens with one attached hydrogen (secondary N) is 2. The maximum absolute atomic E-state index is 12.1. The number of anilines is 1. The molecule has 1 aromatic heterocycles. The molecule has 5 heteroatoms. The van der Waals surface area contributed by atoms with Crippen LogP contribution in [0.3, 0.4) is 0 Å². The minimum absolute atomic E-state index is 0.105. The van der Waals surface area contributed by atoms with Crippen LogP contribution < -0.4 is 10.1 Å². The normalized spacial score (nSPS) is 15.1. The molecule has 3 rings (SSSR count). The molecule has 0 fully saturated rings. The Morgan fingerprint density at radius 1 is 1.33 bits per heavy atom. The molecule has 2 heterocycles. The molecule has 0 saturated carbocycles. The number of nitrogens with zero attached hydrogens (tertiary/aromatic N) is 1. The number of aryl methyl sites for hydroxylation is 1. The number of fused-ring (bicyclic) bond motifs is 1. The third-order valence-electron chi connectivity index (χ3n) is 3.37. The predicted octanol–water partition coefficient (Wildman–Crippen LogP) is 2.86. The molecule has 0 atom stereocenters. The van der Waals surface area contributed by atoms with Gasteiger partial charge in [0.1, 0.15) is 11.6 Å². The number of carbonyl (C=O) groups excluding carboxylic acids is 1. The minimum atomic E-state index is -0.105. The van der Waals surface area contributed by atoms with E-state index < -0.39 is 0 Å². The van der Waals surface area contributed by atoms with Crippen LogP contribution in [0.5, 0.6) is 5.75 Å². The van der Waals surface area contributed by atoms with E-state index >= 15 is 0 Å². The van der Waals surface area contributed by atoms with Crippen LogP contribution in [-0.2, 0) is 11.2 Å². The molecule has 0 spiro atoms. The highest BCUT2D eigenvalue weighted by atomic mass is 16.5. The molecule has 1 aromatic carbocycles. The fraction of sp³-hybridized carbons (Fsp3) is 0.250. The first-order valence-corrected chi connectivity index (χ1v) is 7.05. The number of aromatic nitrogens is 2. The summed E-state index contributed by atoms with van der Waals surface area (Å²) in [6.07, 6.45) is 4.40. The topological polar surface area (TPSA) is 67.0 Å². The van der Waals surface area contributed by atoms with Gasteiger partial charge in [-0.3, -0.25) is 4.79 Å². The van der Waals surface area contributed by atoms with Gasteiger partial charge in [0.05, 0.1) is 24.1 Å². The highest BCUT2D eigenvalue weighted by molar-refractivity contribution is 6.34. The quantitative estimate of drug-likeness (QED) is 0.848. The van der Waals surface area contributed by atoms with Crippen LogP contribution in [0.15, 0.2) is 24.4 Å². The molecule has 1 aliphatic heterocycles. The predicted molar refractivity (Wildman–Crippen MR) is 82.1 cm³/mol. The van der Waals surface area contributed by atoms with Crippen LogP contribution in [0, 0.1) is 0 Å². The molecular formula is C16H17N3O2. The maximum atomic E-state index is 12.1. The van der Waals surface area contributed by atoms with E-state index in [1.165, 1.54) is 0 Å². The van der Waals surface area contributed by atoms with Gasteiger partial charge in [0.2, 0.25) is 0 Å². The van der Waals surface area contributed by atoms with Gasteiger partial charge in [-0.15, -0.1) is 0 Å². The highest BCUT2D eigenvalue weighted by Gasteiger charge is 2.24. The maximum Gasteiger partial charge on any atom is 0.256 e. The van der Waals surface area contributed by atoms with E-state index in [9.17, 15) is 4.79 Å². The Labute approximate surface area is 123 Å². The van der Waals surface area contributed by atoms with E-state index in [1.807, 2.05) is 38.1 Å². The average Bonchev–Trinajstić information content (AvgIpc) is 3.05. The van der Waals surface area contributed by atoms with Crippen molar-refractivity contribution < 1.29 is 9.53 Å². The summed E-state index contributed by atoms with van der Waals surface area (Å²) < 4.78 is 5.50. The lowest BCUT2D eigenvalue weighted by molar-refractivity contribution is -0.110. The Morgan fingerprint density at radius 2 is 2.19 bits per heavy atom. The lowest BCUT2D eigenvalue weighted by Crippen LogP contribution is -2.03. The van der Waals surface area contributed by atoms with Gasteiger partial charge in [0.25, 0.3) is 5.91 Å². The SMILES string of the molecule is CCOc1ccc2c(c1)C(=Cc1cnc(CC)[nH]1)C(=O)N2. The number of aromatic amines is 1. The van der Waals surface area contributed by atoms with Gasteiger partial charge >= 0.3 is 0 Å². The summed E-state index contributed by atoms with van der Waals surface area (Å²) in [6, 6.07) is 5.61. The lowest BCUT2D eigenvalue weighted by Gasteiger charge is -2.05. The smallest absolute Gasteiger partial charge is 0.256 e. The van der Waals surface area contributed by atoms with Crippen LogP contribution >= 0.6 is 0 Å². The van der Waals surface area contributed by atoms with E-state index in [-0.39, 0.29) is 5.91 Å². The van der Waals surface area contributed by atoms with Crippen molar-refractivity contribution in [1.29, 1.82) is 0 Å². The number of rotatable bonds is 4. The van der Waals surface area contributed by atoms with Gasteiger partial charge in [-0.05, 0) is 31.2 Å². The van der Waals surface area contributed by atoms with Gasteiger partial charge in [-0.1, -0.05) is 6.92 Å². The second-order valence-corrected chi connectivity index (χ2v) is 4.79. The zero-order chi connectivity index (χ0) is 14.8. The molecule has 1 amide bonds. The van der Waals surface area contributed by atoms with Crippen LogP contribution in [0.4, 0.5) is 5.69 Å². The van der Waals surface area contributed by atoms with Crippen molar-refractivity contribution in [3.8, 4) is 5.75 Å². The summed E-state index contributed by atoms with van der Waals surface area (Å²) in [5.41, 5.74) is 3.12. The van der Waals surface area contributed by atoms with E-state index in [4.69, 9.17) is 4.74 Å². The highest BCUT2D eigenvalue weighted by Crippen LogP contribution is 2.35. The van der Waals surface area contributed by atoms with Crippen LogP contribution in [0.1, 0.15) is 30.9 Å². The number of carbonyl (C=O) groups is 1. The van der Waals surface area contributed by atoms with Gasteiger partial charge in [0, 0.05) is 17.7 Å². The lowest BCUT2D eigenvalue weighted by atomic mass is 10.1. The van der Waals surface area contributed by atoms with Crippen molar-refractivity contribution in [3.05, 3.63) is 41.5 Å². The van der Waals surface area contributed by atoms with Crippen molar-refractivity contribution in [1.82, 2.24) is 9.97 Å². The molecule has 1 aliphatic rings. The Balaban J connectivity index is 2.00. The molecule has 0 bridgehead atoms. The molecule has 0 radical (unpaired) electrons. The zero-order valence-corrected chi connectivity index (χ0v) is 12.1.